The van der Waals surface area contributed by atoms with Crippen LogP contribution in [0.1, 0.15) is 24.3 Å². The fraction of sp³-hybridized carbons (Fsp3) is 0.444. The molecule has 0 atom stereocenters. The number of piperazine rings is 1. The maximum atomic E-state index is 13.3. The summed E-state index contributed by atoms with van der Waals surface area (Å²) < 4.78 is 34.6. The number of sulfonamides is 1. The van der Waals surface area contributed by atoms with Gasteiger partial charge in [0.15, 0.2) is 0 Å². The van der Waals surface area contributed by atoms with E-state index in [9.17, 15) is 13.2 Å². The maximum absolute atomic E-state index is 13.3. The molecule has 1 aromatic heterocycles. The third-order valence-corrected chi connectivity index (χ3v) is 9.94. The van der Waals surface area contributed by atoms with Gasteiger partial charge in [-0.2, -0.15) is 9.29 Å². The Morgan fingerprint density at radius 2 is 1.82 bits per heavy atom. The molecule has 2 saturated heterocycles. The average molecular weight is 618 g/mol. The fourth-order valence-electron chi connectivity index (χ4n) is 4.98. The number of benzene rings is 2. The third-order valence-electron chi connectivity index (χ3n) is 7.40. The quantitative estimate of drug-likeness (QED) is 0.429. The van der Waals surface area contributed by atoms with Crippen LogP contribution in [0.15, 0.2) is 56.4 Å². The lowest BCUT2D eigenvalue weighted by molar-refractivity contribution is -0.121. The molecule has 3 heterocycles. The van der Waals surface area contributed by atoms with Crippen LogP contribution >= 0.6 is 15.9 Å². The van der Waals surface area contributed by atoms with Crippen LogP contribution in [-0.4, -0.2) is 84.9 Å². The van der Waals surface area contributed by atoms with Crippen LogP contribution < -0.4 is 5.32 Å². The molecule has 5 rings (SSSR count). The van der Waals surface area contributed by atoms with Gasteiger partial charge in [-0.15, -0.1) is 0 Å². The number of anilines is 1. The first kappa shape index (κ1) is 27.9. The largest absolute Gasteiger partial charge is 0.338 e. The number of hydrogen-bond acceptors (Lipinski definition) is 8. The fourth-order valence-corrected chi connectivity index (χ4v) is 7.05. The molecular formula is C27H33BrN6O4S. The summed E-state index contributed by atoms with van der Waals surface area (Å²) in [4.78, 5) is 22.2. The van der Waals surface area contributed by atoms with Crippen molar-refractivity contribution in [3.05, 3.63) is 58.4 Å². The van der Waals surface area contributed by atoms with E-state index in [1.54, 1.807) is 25.1 Å². The number of amides is 1. The minimum absolute atomic E-state index is 0.0869. The first-order valence-corrected chi connectivity index (χ1v) is 15.3. The van der Waals surface area contributed by atoms with Gasteiger partial charge in [0.25, 0.3) is 0 Å². The molecule has 0 radical (unpaired) electrons. The van der Waals surface area contributed by atoms with Crippen LogP contribution in [0.25, 0.3) is 11.4 Å². The molecule has 3 aromatic rings. The Labute approximate surface area is 237 Å². The number of nitrogens with one attached hydrogen (secondary N) is 1. The van der Waals surface area contributed by atoms with Gasteiger partial charge in [0.2, 0.25) is 27.6 Å². The second-order valence-corrected chi connectivity index (χ2v) is 13.1. The van der Waals surface area contributed by atoms with Gasteiger partial charge in [-0.3, -0.25) is 9.69 Å². The lowest BCUT2D eigenvalue weighted by Gasteiger charge is -2.32. The molecule has 208 valence electrons. The number of rotatable bonds is 7. The average Bonchev–Trinajstić information content (AvgIpc) is 3.39. The van der Waals surface area contributed by atoms with Crippen molar-refractivity contribution >= 4 is 37.5 Å². The van der Waals surface area contributed by atoms with Crippen molar-refractivity contribution in [2.24, 2.45) is 5.92 Å². The molecule has 12 heteroatoms. The number of carbonyl (C=O) groups excluding carboxylic acids is 1. The van der Waals surface area contributed by atoms with Crippen molar-refractivity contribution in [3.63, 3.8) is 0 Å². The Hall–Kier alpha value is -2.64. The molecule has 0 unspecified atom stereocenters. The van der Waals surface area contributed by atoms with Gasteiger partial charge in [0, 0.05) is 47.8 Å². The predicted octanol–water partition coefficient (Wildman–Crippen LogP) is 3.59. The Bertz CT molecular complexity index is 1430. The van der Waals surface area contributed by atoms with Crippen LogP contribution in [-0.2, 0) is 21.4 Å². The highest BCUT2D eigenvalue weighted by Crippen LogP contribution is 2.27. The van der Waals surface area contributed by atoms with Crippen molar-refractivity contribution in [2.45, 2.75) is 31.2 Å². The number of likely N-dealkylation sites (tertiary alicyclic amines) is 1. The van der Waals surface area contributed by atoms with E-state index >= 15 is 0 Å². The van der Waals surface area contributed by atoms with E-state index in [0.717, 1.165) is 23.1 Å². The molecule has 2 aliphatic rings. The first-order chi connectivity index (χ1) is 18.7. The molecule has 1 amide bonds. The standard InChI is InChI=1S/C27H33BrN6O4S/c1-19-6-7-23(17-24(19)39(36,37)34-14-12-32(2)13-15-34)29-27(35)20-8-10-33(11-9-20)18-25-30-26(31-38-25)21-4-3-5-22(28)16-21/h3-7,16-17,20H,8-15,18H2,1-2H3,(H,29,35). The van der Waals surface area contributed by atoms with E-state index in [1.807, 2.05) is 31.3 Å². The number of nitrogens with zero attached hydrogens (tertiary/aromatic N) is 5. The van der Waals surface area contributed by atoms with Gasteiger partial charge in [-0.05, 0) is 69.7 Å². The van der Waals surface area contributed by atoms with Crippen molar-refractivity contribution in [2.75, 3.05) is 51.6 Å². The highest BCUT2D eigenvalue weighted by molar-refractivity contribution is 9.10. The number of halogens is 1. The van der Waals surface area contributed by atoms with Crippen LogP contribution in [0.5, 0.6) is 0 Å². The summed E-state index contributed by atoms with van der Waals surface area (Å²) in [5.41, 5.74) is 2.06. The molecule has 2 aromatic carbocycles. The Morgan fingerprint density at radius 3 is 2.54 bits per heavy atom. The van der Waals surface area contributed by atoms with Crippen molar-refractivity contribution in [1.29, 1.82) is 0 Å². The van der Waals surface area contributed by atoms with E-state index in [4.69, 9.17) is 4.52 Å². The Kier molecular flexibility index (Phi) is 8.48. The second-order valence-electron chi connectivity index (χ2n) is 10.2. The number of likely N-dealkylation sites (N-methyl/N-ethyl adjacent to an activating group) is 1. The predicted molar refractivity (Wildman–Crippen MR) is 151 cm³/mol. The third kappa shape index (κ3) is 6.58. The molecule has 1 N–H and O–H groups in total. The van der Waals surface area contributed by atoms with Crippen LogP contribution in [0, 0.1) is 12.8 Å². The zero-order valence-corrected chi connectivity index (χ0v) is 24.5. The SMILES string of the molecule is Cc1ccc(NC(=O)C2CCN(Cc3nc(-c4cccc(Br)c4)no3)CC2)cc1S(=O)(=O)N1CCN(C)CC1. The van der Waals surface area contributed by atoms with Crippen molar-refractivity contribution < 1.29 is 17.7 Å². The van der Waals surface area contributed by atoms with E-state index in [1.165, 1.54) is 4.31 Å². The zero-order chi connectivity index (χ0) is 27.6. The Morgan fingerprint density at radius 1 is 1.08 bits per heavy atom. The minimum Gasteiger partial charge on any atom is -0.338 e. The number of aromatic nitrogens is 2. The van der Waals surface area contributed by atoms with Gasteiger partial charge in [0.05, 0.1) is 11.4 Å². The molecule has 2 aliphatic heterocycles. The minimum atomic E-state index is -3.63. The van der Waals surface area contributed by atoms with Gasteiger partial charge in [0.1, 0.15) is 0 Å². The summed E-state index contributed by atoms with van der Waals surface area (Å²) in [6.45, 7) is 6.09. The van der Waals surface area contributed by atoms with Gasteiger partial charge in [-0.25, -0.2) is 8.42 Å². The van der Waals surface area contributed by atoms with E-state index in [-0.39, 0.29) is 16.7 Å². The van der Waals surface area contributed by atoms with Crippen LogP contribution in [0.3, 0.4) is 0 Å². The molecule has 39 heavy (non-hydrogen) atoms. The van der Waals surface area contributed by atoms with Gasteiger partial charge < -0.3 is 14.7 Å². The molecule has 2 fully saturated rings. The highest BCUT2D eigenvalue weighted by Gasteiger charge is 2.30. The van der Waals surface area contributed by atoms with Crippen molar-refractivity contribution in [3.8, 4) is 11.4 Å². The van der Waals surface area contributed by atoms with Crippen molar-refractivity contribution in [1.82, 2.24) is 24.2 Å². The van der Waals surface area contributed by atoms with Crippen LogP contribution in [0.2, 0.25) is 0 Å². The summed E-state index contributed by atoms with van der Waals surface area (Å²) in [5, 5.41) is 7.06. The first-order valence-electron chi connectivity index (χ1n) is 13.1. The second kappa shape index (κ2) is 11.8. The Balaban J connectivity index is 1.16. The topological polar surface area (TPSA) is 112 Å². The summed E-state index contributed by atoms with van der Waals surface area (Å²) in [6, 6.07) is 12.9. The normalized spacial score (nSPS) is 18.3. The summed E-state index contributed by atoms with van der Waals surface area (Å²) in [7, 11) is -1.64. The molecule has 0 bridgehead atoms. The number of aryl methyl sites for hydroxylation is 1. The summed E-state index contributed by atoms with van der Waals surface area (Å²) in [5.74, 6) is 0.852. The lowest BCUT2D eigenvalue weighted by atomic mass is 9.96. The number of hydrogen-bond donors (Lipinski definition) is 1. The number of carbonyl (C=O) groups is 1. The maximum Gasteiger partial charge on any atom is 0.243 e. The molecule has 10 nitrogen and oxygen atoms in total. The molecule has 0 spiro atoms. The van der Waals surface area contributed by atoms with E-state index in [2.05, 4.69) is 41.2 Å². The highest BCUT2D eigenvalue weighted by atomic mass is 79.9. The van der Waals surface area contributed by atoms with E-state index in [0.29, 0.717) is 68.5 Å². The summed E-state index contributed by atoms with van der Waals surface area (Å²) in [6.07, 6.45) is 1.38. The zero-order valence-electron chi connectivity index (χ0n) is 22.1. The molecule has 0 saturated carbocycles. The van der Waals surface area contributed by atoms with Crippen LogP contribution in [0.4, 0.5) is 5.69 Å². The monoisotopic (exact) mass is 616 g/mol. The smallest absolute Gasteiger partial charge is 0.243 e. The molecular weight excluding hydrogens is 584 g/mol. The molecule has 0 aliphatic carbocycles. The number of piperidine rings is 1. The van der Waals surface area contributed by atoms with Gasteiger partial charge in [-0.1, -0.05) is 39.3 Å². The van der Waals surface area contributed by atoms with Gasteiger partial charge >= 0.3 is 0 Å². The summed E-state index contributed by atoms with van der Waals surface area (Å²) >= 11 is 3.46. The van der Waals surface area contributed by atoms with E-state index < -0.39 is 10.0 Å². The lowest BCUT2D eigenvalue weighted by Crippen LogP contribution is -2.47.